The minimum absolute atomic E-state index is 0.0338. The molecule has 0 aromatic heterocycles. The third-order valence-electron chi connectivity index (χ3n) is 3.33. The van der Waals surface area contributed by atoms with E-state index < -0.39 is 10.8 Å². The van der Waals surface area contributed by atoms with Crippen molar-refractivity contribution in [2.75, 3.05) is 6.61 Å². The van der Waals surface area contributed by atoms with E-state index in [-0.39, 0.29) is 12.3 Å². The van der Waals surface area contributed by atoms with Gasteiger partial charge in [-0.3, -0.25) is 14.9 Å². The van der Waals surface area contributed by atoms with Gasteiger partial charge in [0.25, 0.3) is 11.6 Å². The first-order chi connectivity index (χ1) is 12.1. The van der Waals surface area contributed by atoms with Gasteiger partial charge >= 0.3 is 0 Å². The van der Waals surface area contributed by atoms with Crippen LogP contribution in [0, 0.1) is 10.1 Å². The highest BCUT2D eigenvalue weighted by Gasteiger charge is 2.07. The quantitative estimate of drug-likeness (QED) is 0.453. The summed E-state index contributed by atoms with van der Waals surface area (Å²) < 4.78 is 5.30. The summed E-state index contributed by atoms with van der Waals surface area (Å²) in [7, 11) is 0. The molecule has 0 spiro atoms. The molecule has 0 bridgehead atoms. The molecule has 0 aliphatic rings. The van der Waals surface area contributed by atoms with E-state index in [1.807, 2.05) is 37.3 Å². The van der Waals surface area contributed by atoms with Crippen molar-refractivity contribution in [3.8, 4) is 5.75 Å². The molecule has 2 aromatic rings. The smallest absolute Gasteiger partial charge is 0.277 e. The van der Waals surface area contributed by atoms with Gasteiger partial charge in [0.1, 0.15) is 5.75 Å². The molecule has 0 aliphatic carbocycles. The molecule has 0 atom stereocenters. The van der Waals surface area contributed by atoms with Gasteiger partial charge in [0.2, 0.25) is 0 Å². The molecule has 0 saturated heterocycles. The second kappa shape index (κ2) is 9.17. The van der Waals surface area contributed by atoms with Crippen molar-refractivity contribution in [2.45, 2.75) is 19.8 Å². The Labute approximate surface area is 145 Å². The highest BCUT2D eigenvalue weighted by Crippen LogP contribution is 2.17. The van der Waals surface area contributed by atoms with E-state index in [0.29, 0.717) is 5.75 Å². The number of hydrazone groups is 1. The van der Waals surface area contributed by atoms with Crippen molar-refractivity contribution in [3.63, 3.8) is 0 Å². The van der Waals surface area contributed by atoms with Crippen LogP contribution in [-0.4, -0.2) is 23.1 Å². The zero-order valence-electron chi connectivity index (χ0n) is 13.8. The molecule has 1 amide bonds. The number of benzene rings is 2. The van der Waals surface area contributed by atoms with Gasteiger partial charge in [0.15, 0.2) is 6.61 Å². The Bertz CT molecular complexity index is 743. The summed E-state index contributed by atoms with van der Waals surface area (Å²) >= 11 is 0. The highest BCUT2D eigenvalue weighted by molar-refractivity contribution is 6.01. The summed E-state index contributed by atoms with van der Waals surface area (Å²) in [5.41, 5.74) is 4.21. The monoisotopic (exact) mass is 341 g/mol. The van der Waals surface area contributed by atoms with Gasteiger partial charge in [-0.15, -0.1) is 0 Å². The topological polar surface area (TPSA) is 93.8 Å². The lowest BCUT2D eigenvalue weighted by Gasteiger charge is -2.07. The van der Waals surface area contributed by atoms with Crippen LogP contribution < -0.4 is 10.2 Å². The molecule has 130 valence electrons. The maximum absolute atomic E-state index is 11.9. The first-order valence-corrected chi connectivity index (χ1v) is 7.88. The maximum Gasteiger partial charge on any atom is 0.277 e. The van der Waals surface area contributed by atoms with Gasteiger partial charge in [-0.1, -0.05) is 43.7 Å². The van der Waals surface area contributed by atoms with Gasteiger partial charge in [-0.05, 0) is 24.1 Å². The SMILES string of the molecule is CCC/C(=N/NC(=O)COc1ccc([N+](=O)[O-])cc1)c1ccccc1. The summed E-state index contributed by atoms with van der Waals surface area (Å²) in [4.78, 5) is 22.0. The van der Waals surface area contributed by atoms with Crippen molar-refractivity contribution >= 4 is 17.3 Å². The molecule has 0 heterocycles. The Morgan fingerprint density at radius 1 is 1.16 bits per heavy atom. The zero-order valence-corrected chi connectivity index (χ0v) is 13.8. The van der Waals surface area contributed by atoms with Crippen molar-refractivity contribution in [3.05, 3.63) is 70.3 Å². The standard InChI is InChI=1S/C18H19N3O4/c1-2-6-17(14-7-4-3-5-8-14)19-20-18(22)13-25-16-11-9-15(10-12-16)21(23)24/h3-5,7-12H,2,6,13H2,1H3,(H,20,22)/b19-17-. The number of nitro benzene ring substituents is 1. The van der Waals surface area contributed by atoms with Crippen molar-refractivity contribution in [1.82, 2.24) is 5.43 Å². The second-order valence-corrected chi connectivity index (χ2v) is 5.25. The van der Waals surface area contributed by atoms with E-state index in [0.717, 1.165) is 24.1 Å². The summed E-state index contributed by atoms with van der Waals surface area (Å²) in [6, 6.07) is 15.2. The molecular formula is C18H19N3O4. The predicted octanol–water partition coefficient (Wildman–Crippen LogP) is 3.29. The largest absolute Gasteiger partial charge is 0.484 e. The number of nitrogens with one attached hydrogen (secondary N) is 1. The summed E-state index contributed by atoms with van der Waals surface area (Å²) in [6.07, 6.45) is 1.65. The van der Waals surface area contributed by atoms with Crippen LogP contribution in [0.2, 0.25) is 0 Å². The molecule has 1 N–H and O–H groups in total. The Morgan fingerprint density at radius 2 is 1.84 bits per heavy atom. The van der Waals surface area contributed by atoms with E-state index in [1.54, 1.807) is 0 Å². The van der Waals surface area contributed by atoms with E-state index >= 15 is 0 Å². The molecular weight excluding hydrogens is 322 g/mol. The van der Waals surface area contributed by atoms with E-state index in [9.17, 15) is 14.9 Å². The number of rotatable bonds is 8. The third kappa shape index (κ3) is 5.72. The van der Waals surface area contributed by atoms with Crippen LogP contribution in [0.1, 0.15) is 25.3 Å². The fraction of sp³-hybridized carbons (Fsp3) is 0.222. The molecule has 7 nitrogen and oxygen atoms in total. The Hall–Kier alpha value is -3.22. The van der Waals surface area contributed by atoms with E-state index in [2.05, 4.69) is 10.5 Å². The molecule has 0 saturated carbocycles. The van der Waals surface area contributed by atoms with Gasteiger partial charge in [-0.25, -0.2) is 5.43 Å². The van der Waals surface area contributed by atoms with Crippen molar-refractivity contribution < 1.29 is 14.5 Å². The summed E-state index contributed by atoms with van der Waals surface area (Å²) in [6.45, 7) is 1.81. The number of nitrogens with zero attached hydrogens (tertiary/aromatic N) is 2. The van der Waals surface area contributed by atoms with Crippen LogP contribution in [0.25, 0.3) is 0 Å². The molecule has 0 aliphatic heterocycles. The minimum atomic E-state index is -0.496. The van der Waals surface area contributed by atoms with E-state index in [4.69, 9.17) is 4.74 Å². The molecule has 25 heavy (non-hydrogen) atoms. The summed E-state index contributed by atoms with van der Waals surface area (Å²) in [5, 5.41) is 14.8. The molecule has 0 unspecified atom stereocenters. The lowest BCUT2D eigenvalue weighted by atomic mass is 10.1. The Balaban J connectivity index is 1.91. The zero-order chi connectivity index (χ0) is 18.1. The van der Waals surface area contributed by atoms with Gasteiger partial charge in [-0.2, -0.15) is 5.10 Å². The molecule has 0 radical (unpaired) electrons. The highest BCUT2D eigenvalue weighted by atomic mass is 16.6. The second-order valence-electron chi connectivity index (χ2n) is 5.25. The van der Waals surface area contributed by atoms with Gasteiger partial charge in [0, 0.05) is 12.1 Å². The molecule has 2 rings (SSSR count). The first kappa shape index (κ1) is 18.1. The van der Waals surface area contributed by atoms with Crippen LogP contribution in [0.3, 0.4) is 0 Å². The number of ether oxygens (including phenoxy) is 1. The van der Waals surface area contributed by atoms with Gasteiger partial charge in [0.05, 0.1) is 10.6 Å². The minimum Gasteiger partial charge on any atom is -0.484 e. The van der Waals surface area contributed by atoms with Crippen LogP contribution in [0.5, 0.6) is 5.75 Å². The van der Waals surface area contributed by atoms with E-state index in [1.165, 1.54) is 24.3 Å². The molecule has 7 heteroatoms. The number of hydrogen-bond acceptors (Lipinski definition) is 5. The van der Waals surface area contributed by atoms with Crippen LogP contribution in [0.4, 0.5) is 5.69 Å². The number of carbonyl (C=O) groups is 1. The van der Waals surface area contributed by atoms with Crippen molar-refractivity contribution in [1.29, 1.82) is 0 Å². The number of carbonyl (C=O) groups excluding carboxylic acids is 1. The fourth-order valence-electron chi connectivity index (χ4n) is 2.11. The third-order valence-corrected chi connectivity index (χ3v) is 3.33. The van der Waals surface area contributed by atoms with Gasteiger partial charge < -0.3 is 4.74 Å². The molecule has 0 fully saturated rings. The average molecular weight is 341 g/mol. The predicted molar refractivity (Wildman–Crippen MR) is 94.6 cm³/mol. The normalized spacial score (nSPS) is 11.0. The van der Waals surface area contributed by atoms with Crippen LogP contribution in [0.15, 0.2) is 59.7 Å². The lowest BCUT2D eigenvalue weighted by Crippen LogP contribution is -2.26. The summed E-state index contributed by atoms with van der Waals surface area (Å²) in [5.74, 6) is -0.0237. The maximum atomic E-state index is 11.9. The number of nitro groups is 1. The average Bonchev–Trinajstić information content (AvgIpc) is 2.64. The Morgan fingerprint density at radius 3 is 2.44 bits per heavy atom. The molecule has 2 aromatic carbocycles. The lowest BCUT2D eigenvalue weighted by molar-refractivity contribution is -0.384. The van der Waals surface area contributed by atoms with Crippen molar-refractivity contribution in [2.24, 2.45) is 5.10 Å². The Kier molecular flexibility index (Phi) is 6.65. The number of hydrogen-bond donors (Lipinski definition) is 1. The first-order valence-electron chi connectivity index (χ1n) is 7.88. The fourth-order valence-corrected chi connectivity index (χ4v) is 2.11. The van der Waals surface area contributed by atoms with Crippen LogP contribution in [-0.2, 0) is 4.79 Å². The van der Waals surface area contributed by atoms with Crippen LogP contribution >= 0.6 is 0 Å². The number of amides is 1. The number of non-ortho nitro benzene ring substituents is 1.